The monoisotopic (exact) mass is 242 g/mol. The van der Waals surface area contributed by atoms with E-state index in [0.717, 1.165) is 11.4 Å². The Balaban J connectivity index is 2.67. The van der Waals surface area contributed by atoms with Crippen molar-refractivity contribution < 1.29 is 4.79 Å². The molecule has 2 rings (SSSR count). The third-order valence-corrected chi connectivity index (χ3v) is 3.24. The van der Waals surface area contributed by atoms with Crippen molar-refractivity contribution in [3.05, 3.63) is 46.3 Å². The lowest BCUT2D eigenvalue weighted by molar-refractivity contribution is 0.101. The molecule has 0 atom stereocenters. The zero-order valence-corrected chi connectivity index (χ0v) is 11.5. The Hall–Kier alpha value is -1.90. The number of carbonyl (C=O) groups excluding carboxylic acids is 1. The maximum absolute atomic E-state index is 11.5. The molecule has 1 aromatic heterocycles. The van der Waals surface area contributed by atoms with Crippen LogP contribution >= 0.6 is 0 Å². The first-order chi connectivity index (χ1) is 8.41. The second-order valence-electron chi connectivity index (χ2n) is 4.86. The number of nitrogens with zero attached hydrogens (tertiary/aromatic N) is 2. The number of rotatable bonds is 2. The summed E-state index contributed by atoms with van der Waals surface area (Å²) in [5, 5.41) is 4.35. The molecule has 3 nitrogen and oxygen atoms in total. The van der Waals surface area contributed by atoms with Crippen molar-refractivity contribution in [3.8, 4) is 5.69 Å². The molecular formula is C15H18N2O. The Labute approximate surface area is 107 Å². The SMILES string of the molecule is CC(=O)c1cnn(-c2c(C)cc(C)cc2C)c1C. The number of aryl methyl sites for hydroxylation is 3. The summed E-state index contributed by atoms with van der Waals surface area (Å²) in [6.07, 6.45) is 1.65. The molecule has 2 aromatic rings. The van der Waals surface area contributed by atoms with E-state index < -0.39 is 0 Å². The average molecular weight is 242 g/mol. The molecule has 1 aromatic carbocycles. The molecule has 0 fully saturated rings. The molecule has 0 saturated carbocycles. The summed E-state index contributed by atoms with van der Waals surface area (Å²) < 4.78 is 1.86. The maximum Gasteiger partial charge on any atom is 0.163 e. The Bertz CT molecular complexity index is 600. The van der Waals surface area contributed by atoms with Crippen LogP contribution in [0.5, 0.6) is 0 Å². The minimum absolute atomic E-state index is 0.0566. The largest absolute Gasteiger partial charge is 0.294 e. The van der Waals surface area contributed by atoms with Gasteiger partial charge in [-0.15, -0.1) is 0 Å². The van der Waals surface area contributed by atoms with Gasteiger partial charge in [0.25, 0.3) is 0 Å². The van der Waals surface area contributed by atoms with Gasteiger partial charge in [-0.25, -0.2) is 4.68 Å². The quantitative estimate of drug-likeness (QED) is 0.757. The Kier molecular flexibility index (Phi) is 3.07. The van der Waals surface area contributed by atoms with Gasteiger partial charge in [-0.1, -0.05) is 17.7 Å². The van der Waals surface area contributed by atoms with Crippen molar-refractivity contribution in [3.63, 3.8) is 0 Å². The topological polar surface area (TPSA) is 34.9 Å². The van der Waals surface area contributed by atoms with Crippen molar-refractivity contribution >= 4 is 5.78 Å². The second kappa shape index (κ2) is 4.41. The van der Waals surface area contributed by atoms with Crippen molar-refractivity contribution in [1.29, 1.82) is 0 Å². The molecule has 0 saturated heterocycles. The summed E-state index contributed by atoms with van der Waals surface area (Å²) in [7, 11) is 0. The van der Waals surface area contributed by atoms with E-state index in [0.29, 0.717) is 5.56 Å². The highest BCUT2D eigenvalue weighted by atomic mass is 16.1. The van der Waals surface area contributed by atoms with Crippen LogP contribution in [0.4, 0.5) is 0 Å². The minimum atomic E-state index is 0.0566. The van der Waals surface area contributed by atoms with E-state index in [1.54, 1.807) is 13.1 Å². The molecule has 0 aliphatic heterocycles. The van der Waals surface area contributed by atoms with Crippen LogP contribution in [0.15, 0.2) is 18.3 Å². The van der Waals surface area contributed by atoms with E-state index in [4.69, 9.17) is 0 Å². The number of ketones is 1. The number of hydrogen-bond donors (Lipinski definition) is 0. The summed E-state index contributed by atoms with van der Waals surface area (Å²) in [6, 6.07) is 4.27. The highest BCUT2D eigenvalue weighted by molar-refractivity contribution is 5.95. The summed E-state index contributed by atoms with van der Waals surface area (Å²) >= 11 is 0. The Morgan fingerprint density at radius 2 is 1.67 bits per heavy atom. The smallest absolute Gasteiger partial charge is 0.163 e. The Morgan fingerprint density at radius 1 is 1.11 bits per heavy atom. The molecule has 18 heavy (non-hydrogen) atoms. The minimum Gasteiger partial charge on any atom is -0.294 e. The van der Waals surface area contributed by atoms with E-state index in [1.165, 1.54) is 16.7 Å². The number of carbonyl (C=O) groups is 1. The molecule has 0 N–H and O–H groups in total. The van der Waals surface area contributed by atoms with Crippen LogP contribution in [-0.2, 0) is 0 Å². The Morgan fingerprint density at radius 3 is 2.11 bits per heavy atom. The van der Waals surface area contributed by atoms with Gasteiger partial charge < -0.3 is 0 Å². The average Bonchev–Trinajstić information content (AvgIpc) is 2.59. The fraction of sp³-hybridized carbons (Fsp3) is 0.333. The van der Waals surface area contributed by atoms with Gasteiger partial charge in [-0.2, -0.15) is 5.10 Å². The van der Waals surface area contributed by atoms with E-state index in [2.05, 4.69) is 38.0 Å². The van der Waals surface area contributed by atoms with Crippen molar-refractivity contribution in [1.82, 2.24) is 9.78 Å². The number of hydrogen-bond acceptors (Lipinski definition) is 2. The third-order valence-electron chi connectivity index (χ3n) is 3.24. The predicted molar refractivity (Wildman–Crippen MR) is 72.5 cm³/mol. The highest BCUT2D eigenvalue weighted by Gasteiger charge is 2.14. The molecule has 1 heterocycles. The van der Waals surface area contributed by atoms with Gasteiger partial charge in [0, 0.05) is 0 Å². The molecule has 0 spiro atoms. The first-order valence-corrected chi connectivity index (χ1v) is 6.05. The summed E-state index contributed by atoms with van der Waals surface area (Å²) in [6.45, 7) is 9.74. The van der Waals surface area contributed by atoms with Gasteiger partial charge in [0.2, 0.25) is 0 Å². The summed E-state index contributed by atoms with van der Waals surface area (Å²) in [5.41, 5.74) is 6.26. The van der Waals surface area contributed by atoms with Gasteiger partial charge in [0.05, 0.1) is 23.1 Å². The van der Waals surface area contributed by atoms with Gasteiger partial charge in [0.15, 0.2) is 5.78 Å². The van der Waals surface area contributed by atoms with Gasteiger partial charge in [-0.05, 0) is 45.7 Å². The van der Waals surface area contributed by atoms with Crippen LogP contribution in [0.3, 0.4) is 0 Å². The zero-order chi connectivity index (χ0) is 13.4. The third kappa shape index (κ3) is 1.96. The first kappa shape index (κ1) is 12.6. The number of Topliss-reactive ketones (excluding diaryl/α,β-unsaturated/α-hetero) is 1. The van der Waals surface area contributed by atoms with Crippen LogP contribution in [0.2, 0.25) is 0 Å². The highest BCUT2D eigenvalue weighted by Crippen LogP contribution is 2.23. The lowest BCUT2D eigenvalue weighted by atomic mass is 10.0. The second-order valence-corrected chi connectivity index (χ2v) is 4.86. The predicted octanol–water partition coefficient (Wildman–Crippen LogP) is 3.31. The summed E-state index contributed by atoms with van der Waals surface area (Å²) in [4.78, 5) is 11.5. The number of benzene rings is 1. The normalized spacial score (nSPS) is 10.7. The molecule has 0 amide bonds. The molecular weight excluding hydrogens is 224 g/mol. The standard InChI is InChI=1S/C15H18N2O/c1-9-6-10(2)15(11(3)7-9)17-12(4)14(8-16-17)13(5)18/h6-8H,1-5H3. The van der Waals surface area contributed by atoms with Crippen molar-refractivity contribution in [2.75, 3.05) is 0 Å². The van der Waals surface area contributed by atoms with E-state index in [9.17, 15) is 4.79 Å². The van der Waals surface area contributed by atoms with Crippen molar-refractivity contribution in [2.45, 2.75) is 34.6 Å². The maximum atomic E-state index is 11.5. The van der Waals surface area contributed by atoms with Gasteiger partial charge in [-0.3, -0.25) is 4.79 Å². The van der Waals surface area contributed by atoms with Crippen LogP contribution < -0.4 is 0 Å². The first-order valence-electron chi connectivity index (χ1n) is 6.05. The number of aromatic nitrogens is 2. The van der Waals surface area contributed by atoms with Crippen molar-refractivity contribution in [2.24, 2.45) is 0 Å². The molecule has 0 unspecified atom stereocenters. The van der Waals surface area contributed by atoms with E-state index in [-0.39, 0.29) is 5.78 Å². The fourth-order valence-corrected chi connectivity index (χ4v) is 2.49. The van der Waals surface area contributed by atoms with Crippen LogP contribution in [0.25, 0.3) is 5.69 Å². The van der Waals surface area contributed by atoms with Crippen LogP contribution in [-0.4, -0.2) is 15.6 Å². The van der Waals surface area contributed by atoms with Crippen LogP contribution in [0.1, 0.15) is 39.7 Å². The van der Waals surface area contributed by atoms with E-state index >= 15 is 0 Å². The molecule has 0 aliphatic carbocycles. The molecule has 0 radical (unpaired) electrons. The summed E-state index contributed by atoms with van der Waals surface area (Å²) in [5.74, 6) is 0.0566. The lowest BCUT2D eigenvalue weighted by Crippen LogP contribution is -2.05. The molecule has 0 aliphatic rings. The molecule has 3 heteroatoms. The van der Waals surface area contributed by atoms with Crippen LogP contribution in [0, 0.1) is 27.7 Å². The molecule has 94 valence electrons. The van der Waals surface area contributed by atoms with Gasteiger partial charge in [0.1, 0.15) is 0 Å². The fourth-order valence-electron chi connectivity index (χ4n) is 2.49. The van der Waals surface area contributed by atoms with Gasteiger partial charge >= 0.3 is 0 Å². The van der Waals surface area contributed by atoms with E-state index in [1.807, 2.05) is 11.6 Å². The molecule has 0 bridgehead atoms. The lowest BCUT2D eigenvalue weighted by Gasteiger charge is -2.13. The zero-order valence-electron chi connectivity index (χ0n) is 11.5.